The van der Waals surface area contributed by atoms with Gasteiger partial charge in [0.05, 0.1) is 0 Å². The highest BCUT2D eigenvalue weighted by Gasteiger charge is 2.09. The van der Waals surface area contributed by atoms with Gasteiger partial charge < -0.3 is 9.15 Å². The van der Waals surface area contributed by atoms with Crippen LogP contribution >= 0.6 is 15.9 Å². The molecule has 0 atom stereocenters. The monoisotopic (exact) mass is 406 g/mol. The number of hydrogen-bond donors (Lipinski definition) is 0. The first-order valence-electron chi connectivity index (χ1n) is 8.20. The largest absolute Gasteiger partial charge is 0.489 e. The van der Waals surface area contributed by atoms with E-state index < -0.39 is 0 Å². The van der Waals surface area contributed by atoms with Crippen molar-refractivity contribution in [1.29, 1.82) is 0 Å². The van der Waals surface area contributed by atoms with Crippen molar-refractivity contribution in [3.63, 3.8) is 0 Å². The van der Waals surface area contributed by atoms with Gasteiger partial charge in [-0.2, -0.15) is 0 Å². The van der Waals surface area contributed by atoms with Gasteiger partial charge in [0.25, 0.3) is 0 Å². The van der Waals surface area contributed by atoms with Gasteiger partial charge in [-0.1, -0.05) is 58.4 Å². The molecular weight excluding hydrogens is 392 g/mol. The molecule has 0 radical (unpaired) electrons. The minimum Gasteiger partial charge on any atom is -0.489 e. The lowest BCUT2D eigenvalue weighted by atomic mass is 10.0. The molecule has 4 rings (SSSR count). The first-order valence-corrected chi connectivity index (χ1v) is 8.99. The number of hydrogen-bond acceptors (Lipinski definition) is 3. The molecule has 1 heterocycles. The van der Waals surface area contributed by atoms with Crippen LogP contribution in [0.25, 0.3) is 22.1 Å². The molecule has 0 fully saturated rings. The minimum atomic E-state index is -0.375. The van der Waals surface area contributed by atoms with Crippen molar-refractivity contribution in [3.05, 3.63) is 99.3 Å². The Balaban J connectivity index is 1.68. The molecular formula is C22H15BrO3. The third-order valence-corrected chi connectivity index (χ3v) is 4.59. The van der Waals surface area contributed by atoms with E-state index >= 15 is 0 Å². The summed E-state index contributed by atoms with van der Waals surface area (Å²) in [7, 11) is 0. The highest BCUT2D eigenvalue weighted by Crippen LogP contribution is 2.29. The summed E-state index contributed by atoms with van der Waals surface area (Å²) in [5, 5.41) is 0.880. The van der Waals surface area contributed by atoms with Gasteiger partial charge in [0.2, 0.25) is 0 Å². The normalized spacial score (nSPS) is 10.8. The van der Waals surface area contributed by atoms with E-state index in [4.69, 9.17) is 9.15 Å². The smallest absolute Gasteiger partial charge is 0.336 e. The van der Waals surface area contributed by atoms with Gasteiger partial charge >= 0.3 is 5.63 Å². The number of fused-ring (bicyclic) bond motifs is 1. The Hall–Kier alpha value is -2.85. The summed E-state index contributed by atoms with van der Waals surface area (Å²) in [6.07, 6.45) is 0. The lowest BCUT2D eigenvalue weighted by Gasteiger charge is -2.09. The number of benzene rings is 3. The summed E-state index contributed by atoms with van der Waals surface area (Å²) in [4.78, 5) is 12.0. The maximum absolute atomic E-state index is 12.0. The zero-order chi connectivity index (χ0) is 17.9. The summed E-state index contributed by atoms with van der Waals surface area (Å²) in [6, 6.07) is 24.9. The molecule has 0 saturated heterocycles. The Labute approximate surface area is 159 Å². The van der Waals surface area contributed by atoms with Crippen LogP contribution in [0.1, 0.15) is 5.56 Å². The van der Waals surface area contributed by atoms with Crippen molar-refractivity contribution in [2.45, 2.75) is 6.61 Å². The lowest BCUT2D eigenvalue weighted by Crippen LogP contribution is -1.99. The molecule has 1 aromatic heterocycles. The van der Waals surface area contributed by atoms with Crippen molar-refractivity contribution >= 4 is 26.9 Å². The van der Waals surface area contributed by atoms with Gasteiger partial charge in [-0.15, -0.1) is 0 Å². The van der Waals surface area contributed by atoms with E-state index in [1.807, 2.05) is 66.7 Å². The Morgan fingerprint density at radius 3 is 2.54 bits per heavy atom. The van der Waals surface area contributed by atoms with E-state index in [1.165, 1.54) is 6.07 Å². The molecule has 0 aliphatic rings. The van der Waals surface area contributed by atoms with Gasteiger partial charge in [-0.05, 0) is 41.0 Å². The molecule has 3 nitrogen and oxygen atoms in total. The summed E-state index contributed by atoms with van der Waals surface area (Å²) in [6.45, 7) is 0.438. The Morgan fingerprint density at radius 1 is 0.885 bits per heavy atom. The maximum atomic E-state index is 12.0. The van der Waals surface area contributed by atoms with Crippen molar-refractivity contribution in [3.8, 4) is 16.9 Å². The van der Waals surface area contributed by atoms with Gasteiger partial charge in [0.1, 0.15) is 17.9 Å². The van der Waals surface area contributed by atoms with E-state index in [1.54, 1.807) is 6.07 Å². The molecule has 4 heteroatoms. The molecule has 0 unspecified atom stereocenters. The fourth-order valence-corrected chi connectivity index (χ4v) is 3.33. The van der Waals surface area contributed by atoms with Crippen molar-refractivity contribution in [2.75, 3.05) is 0 Å². The molecule has 4 aromatic rings. The lowest BCUT2D eigenvalue weighted by molar-refractivity contribution is 0.306. The number of halogens is 1. The molecule has 0 aliphatic heterocycles. The molecule has 0 N–H and O–H groups in total. The van der Waals surface area contributed by atoms with Crippen LogP contribution in [-0.2, 0) is 6.61 Å². The van der Waals surface area contributed by atoms with Crippen LogP contribution in [0.3, 0.4) is 0 Å². The summed E-state index contributed by atoms with van der Waals surface area (Å²) < 4.78 is 12.3. The number of rotatable bonds is 4. The molecule has 0 spiro atoms. The average molecular weight is 407 g/mol. The first-order chi connectivity index (χ1) is 12.7. The standard InChI is InChI=1S/C22H15BrO3/c23-17-8-4-5-15(11-17)14-25-18-9-10-19-20(16-6-2-1-3-7-16)13-22(24)26-21(19)12-18/h1-13H,14H2. The van der Waals surface area contributed by atoms with Crippen LogP contribution in [0.2, 0.25) is 0 Å². The van der Waals surface area contributed by atoms with Crippen molar-refractivity contribution in [2.24, 2.45) is 0 Å². The minimum absolute atomic E-state index is 0.375. The quantitative estimate of drug-likeness (QED) is 0.402. The van der Waals surface area contributed by atoms with Gasteiger partial charge in [-0.25, -0.2) is 4.79 Å². The van der Waals surface area contributed by atoms with Crippen LogP contribution < -0.4 is 10.4 Å². The van der Waals surface area contributed by atoms with E-state index in [0.29, 0.717) is 17.9 Å². The highest BCUT2D eigenvalue weighted by atomic mass is 79.9. The van der Waals surface area contributed by atoms with E-state index in [-0.39, 0.29) is 5.63 Å². The predicted octanol–water partition coefficient (Wildman–Crippen LogP) is 5.80. The van der Waals surface area contributed by atoms with Crippen LogP contribution in [-0.4, -0.2) is 0 Å². The highest BCUT2D eigenvalue weighted by molar-refractivity contribution is 9.10. The third kappa shape index (κ3) is 3.55. The topological polar surface area (TPSA) is 39.4 Å². The zero-order valence-corrected chi connectivity index (χ0v) is 15.4. The second-order valence-corrected chi connectivity index (χ2v) is 6.84. The molecule has 0 amide bonds. The van der Waals surface area contributed by atoms with Crippen LogP contribution in [0, 0.1) is 0 Å². The molecule has 0 saturated carbocycles. The molecule has 26 heavy (non-hydrogen) atoms. The van der Waals surface area contributed by atoms with E-state index in [9.17, 15) is 4.79 Å². The molecule has 3 aromatic carbocycles. The van der Waals surface area contributed by atoms with Crippen LogP contribution in [0.4, 0.5) is 0 Å². The van der Waals surface area contributed by atoms with E-state index in [0.717, 1.165) is 26.5 Å². The van der Waals surface area contributed by atoms with Crippen LogP contribution in [0.15, 0.2) is 92.5 Å². The second kappa shape index (κ2) is 7.18. The summed E-state index contributed by atoms with van der Waals surface area (Å²) in [5.41, 5.74) is 3.03. The Morgan fingerprint density at radius 2 is 1.73 bits per heavy atom. The third-order valence-electron chi connectivity index (χ3n) is 4.10. The summed E-state index contributed by atoms with van der Waals surface area (Å²) in [5.74, 6) is 0.658. The van der Waals surface area contributed by atoms with Crippen molar-refractivity contribution in [1.82, 2.24) is 0 Å². The molecule has 0 aliphatic carbocycles. The Bertz CT molecular complexity index is 1120. The molecule has 0 bridgehead atoms. The maximum Gasteiger partial charge on any atom is 0.336 e. The fourth-order valence-electron chi connectivity index (χ4n) is 2.88. The number of ether oxygens (including phenoxy) is 1. The van der Waals surface area contributed by atoms with Gasteiger partial charge in [-0.3, -0.25) is 0 Å². The Kier molecular flexibility index (Phi) is 4.59. The van der Waals surface area contributed by atoms with E-state index in [2.05, 4.69) is 15.9 Å². The first kappa shape index (κ1) is 16.6. The average Bonchev–Trinajstić information content (AvgIpc) is 2.66. The van der Waals surface area contributed by atoms with Crippen LogP contribution in [0.5, 0.6) is 5.75 Å². The van der Waals surface area contributed by atoms with Gasteiger partial charge in [0.15, 0.2) is 0 Å². The van der Waals surface area contributed by atoms with Crippen molar-refractivity contribution < 1.29 is 9.15 Å². The molecule has 128 valence electrons. The zero-order valence-electron chi connectivity index (χ0n) is 13.8. The predicted molar refractivity (Wildman–Crippen MR) is 106 cm³/mol. The SMILES string of the molecule is O=c1cc(-c2ccccc2)c2ccc(OCc3cccc(Br)c3)cc2o1. The second-order valence-electron chi connectivity index (χ2n) is 5.92. The van der Waals surface area contributed by atoms with Gasteiger partial charge in [0, 0.05) is 22.0 Å². The fraction of sp³-hybridized carbons (Fsp3) is 0.0455. The summed E-state index contributed by atoms with van der Waals surface area (Å²) >= 11 is 3.45.